The van der Waals surface area contributed by atoms with Crippen molar-refractivity contribution >= 4 is 9.52 Å². The molecule has 0 aliphatic carbocycles. The smallest absolute Gasteiger partial charge is 0.117 e. The van der Waals surface area contributed by atoms with Gasteiger partial charge in [0, 0.05) is 42.2 Å². The van der Waals surface area contributed by atoms with Crippen molar-refractivity contribution in [2.45, 2.75) is 25.3 Å². The Morgan fingerprint density at radius 3 is 3.15 bits per heavy atom. The Labute approximate surface area is 83.3 Å². The van der Waals surface area contributed by atoms with Gasteiger partial charge in [-0.2, -0.15) is 0 Å². The highest BCUT2D eigenvalue weighted by atomic mass is 28.2. The fraction of sp³-hybridized carbons (Fsp3) is 1.00. The van der Waals surface area contributed by atoms with Crippen molar-refractivity contribution in [1.29, 1.82) is 0 Å². The van der Waals surface area contributed by atoms with E-state index in [2.05, 4.69) is 21.7 Å². The van der Waals surface area contributed by atoms with Crippen molar-refractivity contribution in [1.82, 2.24) is 15.1 Å². The number of hydrogen-bond acceptors (Lipinski definition) is 3. The van der Waals surface area contributed by atoms with Crippen LogP contribution in [0.1, 0.15) is 6.42 Å². The second kappa shape index (κ2) is 4.55. The van der Waals surface area contributed by atoms with Gasteiger partial charge in [0.05, 0.1) is 0 Å². The van der Waals surface area contributed by atoms with Gasteiger partial charge < -0.3 is 0 Å². The Hall–Kier alpha value is 0.0969. The molecule has 0 bridgehead atoms. The molecule has 76 valence electrons. The number of rotatable bonds is 4. The van der Waals surface area contributed by atoms with E-state index in [1.807, 2.05) is 0 Å². The highest BCUT2D eigenvalue weighted by molar-refractivity contribution is 6.33. The summed E-state index contributed by atoms with van der Waals surface area (Å²) < 4.78 is 0. The maximum absolute atomic E-state index is 3.56. The largest absolute Gasteiger partial charge is 0.288 e. The highest BCUT2D eigenvalue weighted by Gasteiger charge is 2.34. The third kappa shape index (κ3) is 2.12. The van der Waals surface area contributed by atoms with Crippen LogP contribution in [0, 0.1) is 0 Å². The van der Waals surface area contributed by atoms with Crippen LogP contribution >= 0.6 is 0 Å². The van der Waals surface area contributed by atoms with Crippen LogP contribution in [0.4, 0.5) is 0 Å². The maximum atomic E-state index is 3.56. The number of hydrogen-bond donors (Lipinski definition) is 1. The van der Waals surface area contributed by atoms with Gasteiger partial charge in [0.2, 0.25) is 0 Å². The number of nitrogens with one attached hydrogen (secondary N) is 1. The minimum absolute atomic E-state index is 0.295. The topological polar surface area (TPSA) is 18.5 Å². The lowest BCUT2D eigenvalue weighted by Gasteiger charge is -2.23. The molecule has 0 aromatic heterocycles. The van der Waals surface area contributed by atoms with Gasteiger partial charge in [-0.15, -0.1) is 0 Å². The molecule has 0 aromatic rings. The minimum atomic E-state index is 0.295. The molecule has 2 fully saturated rings. The summed E-state index contributed by atoms with van der Waals surface area (Å²) in [5.74, 6) is 0. The normalized spacial score (nSPS) is 30.7. The van der Waals surface area contributed by atoms with Crippen LogP contribution in [-0.2, 0) is 0 Å². The summed E-state index contributed by atoms with van der Waals surface area (Å²) in [6.07, 6.45) is 2.02. The van der Waals surface area contributed by atoms with Crippen molar-refractivity contribution in [2.75, 3.05) is 32.7 Å². The van der Waals surface area contributed by atoms with E-state index in [-0.39, 0.29) is 0 Å². The first-order chi connectivity index (χ1) is 6.42. The average molecular weight is 199 g/mol. The molecule has 1 unspecified atom stereocenters. The minimum Gasteiger partial charge on any atom is -0.288 e. The third-order valence-electron chi connectivity index (χ3n) is 3.14. The number of nitrogens with zero attached hydrogens (tertiary/aromatic N) is 2. The van der Waals surface area contributed by atoms with Crippen molar-refractivity contribution in [2.24, 2.45) is 0 Å². The molecular weight excluding hydrogens is 178 g/mol. The molecule has 0 aromatic carbocycles. The molecule has 2 rings (SSSR count). The summed E-state index contributed by atoms with van der Waals surface area (Å²) in [6.45, 7) is 8.72. The molecule has 0 saturated carbocycles. The standard InChI is InChI=1S/C9H21N3Si/c1-13-8-2-4-11-6-7-12-5-3-10-9(11)12/h9-10H,2-8,13H2,1H3. The molecule has 0 radical (unpaired) electrons. The zero-order valence-electron chi connectivity index (χ0n) is 8.63. The van der Waals surface area contributed by atoms with E-state index in [4.69, 9.17) is 0 Å². The van der Waals surface area contributed by atoms with Crippen LogP contribution in [0.5, 0.6) is 0 Å². The molecule has 0 amide bonds. The lowest BCUT2D eigenvalue weighted by atomic mass is 10.4. The van der Waals surface area contributed by atoms with Gasteiger partial charge >= 0.3 is 0 Å². The zero-order valence-corrected chi connectivity index (χ0v) is 10.0. The Bertz CT molecular complexity index is 165. The monoisotopic (exact) mass is 199 g/mol. The van der Waals surface area contributed by atoms with Crippen LogP contribution in [-0.4, -0.2) is 58.3 Å². The van der Waals surface area contributed by atoms with Gasteiger partial charge in [-0.1, -0.05) is 12.6 Å². The zero-order chi connectivity index (χ0) is 9.10. The Morgan fingerprint density at radius 1 is 1.38 bits per heavy atom. The molecule has 2 saturated heterocycles. The predicted octanol–water partition coefficient (Wildman–Crippen LogP) is -0.484. The summed E-state index contributed by atoms with van der Waals surface area (Å²) in [4.78, 5) is 5.17. The highest BCUT2D eigenvalue weighted by Crippen LogP contribution is 2.15. The summed E-state index contributed by atoms with van der Waals surface area (Å²) in [6, 6.07) is 1.52. The first-order valence-electron chi connectivity index (χ1n) is 5.63. The molecule has 2 aliphatic heterocycles. The van der Waals surface area contributed by atoms with Crippen molar-refractivity contribution < 1.29 is 0 Å². The summed E-state index contributed by atoms with van der Waals surface area (Å²) in [5.41, 5.74) is 0. The molecule has 1 atom stereocenters. The van der Waals surface area contributed by atoms with E-state index in [9.17, 15) is 0 Å². The van der Waals surface area contributed by atoms with E-state index < -0.39 is 0 Å². The molecule has 2 heterocycles. The van der Waals surface area contributed by atoms with Gasteiger partial charge in [0.15, 0.2) is 0 Å². The molecular formula is C9H21N3Si. The van der Waals surface area contributed by atoms with Crippen LogP contribution in [0.15, 0.2) is 0 Å². The second-order valence-corrected chi connectivity index (χ2v) is 5.81. The van der Waals surface area contributed by atoms with Crippen LogP contribution < -0.4 is 5.32 Å². The predicted molar refractivity (Wildman–Crippen MR) is 58.8 cm³/mol. The average Bonchev–Trinajstić information content (AvgIpc) is 2.68. The summed E-state index contributed by atoms with van der Waals surface area (Å²) in [7, 11) is 0.295. The van der Waals surface area contributed by atoms with Crippen LogP contribution in [0.3, 0.4) is 0 Å². The van der Waals surface area contributed by atoms with E-state index >= 15 is 0 Å². The van der Waals surface area contributed by atoms with Crippen molar-refractivity contribution in [3.63, 3.8) is 0 Å². The Balaban J connectivity index is 1.74. The second-order valence-electron chi connectivity index (χ2n) is 4.11. The third-order valence-corrected chi connectivity index (χ3v) is 4.35. The van der Waals surface area contributed by atoms with Gasteiger partial charge in [0.1, 0.15) is 6.29 Å². The van der Waals surface area contributed by atoms with Gasteiger partial charge in [-0.3, -0.25) is 15.1 Å². The fourth-order valence-electron chi connectivity index (χ4n) is 2.36. The molecule has 4 heteroatoms. The lowest BCUT2D eigenvalue weighted by molar-refractivity contribution is 0.158. The van der Waals surface area contributed by atoms with Gasteiger partial charge in [-0.05, 0) is 6.42 Å². The number of fused-ring (bicyclic) bond motifs is 1. The van der Waals surface area contributed by atoms with Crippen molar-refractivity contribution in [3.05, 3.63) is 0 Å². The van der Waals surface area contributed by atoms with E-state index in [1.165, 1.54) is 45.2 Å². The molecule has 3 nitrogen and oxygen atoms in total. The molecule has 13 heavy (non-hydrogen) atoms. The Morgan fingerprint density at radius 2 is 2.31 bits per heavy atom. The first-order valence-corrected chi connectivity index (χ1v) is 8.04. The SMILES string of the molecule is C[SiH2]CCCN1CCN2CCNC12. The summed E-state index contributed by atoms with van der Waals surface area (Å²) in [5, 5.41) is 3.56. The molecule has 2 aliphatic rings. The fourth-order valence-corrected chi connectivity index (χ4v) is 3.08. The van der Waals surface area contributed by atoms with Crippen LogP contribution in [0.2, 0.25) is 12.6 Å². The van der Waals surface area contributed by atoms with E-state index in [1.54, 1.807) is 0 Å². The molecule has 1 N–H and O–H groups in total. The maximum Gasteiger partial charge on any atom is 0.117 e. The first kappa shape index (κ1) is 9.64. The summed E-state index contributed by atoms with van der Waals surface area (Å²) >= 11 is 0. The van der Waals surface area contributed by atoms with Crippen LogP contribution in [0.25, 0.3) is 0 Å². The Kier molecular flexibility index (Phi) is 3.37. The van der Waals surface area contributed by atoms with Gasteiger partial charge in [-0.25, -0.2) is 0 Å². The quantitative estimate of drug-likeness (QED) is 0.487. The lowest BCUT2D eigenvalue weighted by Crippen LogP contribution is -2.42. The van der Waals surface area contributed by atoms with E-state index in [0.29, 0.717) is 15.8 Å². The molecule has 0 spiro atoms. The van der Waals surface area contributed by atoms with Crippen molar-refractivity contribution in [3.8, 4) is 0 Å². The van der Waals surface area contributed by atoms with Gasteiger partial charge in [0.25, 0.3) is 0 Å². The van der Waals surface area contributed by atoms with E-state index in [0.717, 1.165) is 0 Å².